The molecule has 0 spiro atoms. The van der Waals surface area contributed by atoms with Crippen molar-refractivity contribution in [3.05, 3.63) is 70.9 Å². The minimum Gasteiger partial charge on any atom is -0.454 e. The second-order valence-corrected chi connectivity index (χ2v) is 9.30. The van der Waals surface area contributed by atoms with Crippen molar-refractivity contribution in [2.24, 2.45) is 0 Å². The molecule has 1 amide bonds. The Labute approximate surface area is 200 Å². The van der Waals surface area contributed by atoms with Crippen molar-refractivity contribution < 1.29 is 14.3 Å². The molecule has 0 bridgehead atoms. The Morgan fingerprint density at radius 1 is 1.09 bits per heavy atom. The van der Waals surface area contributed by atoms with Crippen LogP contribution in [0.2, 0.25) is 0 Å². The fourth-order valence-corrected chi connectivity index (χ4v) is 5.15. The van der Waals surface area contributed by atoms with Crippen molar-refractivity contribution in [1.82, 2.24) is 19.7 Å². The van der Waals surface area contributed by atoms with Gasteiger partial charge >= 0.3 is 0 Å². The van der Waals surface area contributed by atoms with Gasteiger partial charge in [0, 0.05) is 22.7 Å². The molecule has 33 heavy (non-hydrogen) atoms. The normalized spacial score (nSPS) is 12.2. The summed E-state index contributed by atoms with van der Waals surface area (Å²) in [6.07, 6.45) is 0. The SMILES string of the molecule is CCN(Cc1cccs1)C(=O)CSc1nnc(-c2ccc3c(c2)OCO3)n1-c1ccccc1. The molecule has 0 radical (unpaired) electrons. The summed E-state index contributed by atoms with van der Waals surface area (Å²) in [5.41, 5.74) is 1.79. The maximum absolute atomic E-state index is 12.9. The first-order valence-corrected chi connectivity index (χ1v) is 12.4. The van der Waals surface area contributed by atoms with Crippen LogP contribution >= 0.6 is 23.1 Å². The number of amides is 1. The van der Waals surface area contributed by atoms with Crippen molar-refractivity contribution in [2.45, 2.75) is 18.6 Å². The summed E-state index contributed by atoms with van der Waals surface area (Å²) >= 11 is 3.05. The second kappa shape index (κ2) is 9.68. The highest BCUT2D eigenvalue weighted by Crippen LogP contribution is 2.37. The second-order valence-electron chi connectivity index (χ2n) is 7.32. The predicted molar refractivity (Wildman–Crippen MR) is 129 cm³/mol. The van der Waals surface area contributed by atoms with Gasteiger partial charge in [-0.2, -0.15) is 0 Å². The van der Waals surface area contributed by atoms with Crippen LogP contribution in [0.25, 0.3) is 17.1 Å². The molecule has 0 atom stereocenters. The summed E-state index contributed by atoms with van der Waals surface area (Å²) in [6.45, 7) is 3.50. The highest BCUT2D eigenvalue weighted by Gasteiger charge is 2.21. The van der Waals surface area contributed by atoms with Crippen molar-refractivity contribution in [3.8, 4) is 28.6 Å². The van der Waals surface area contributed by atoms with Crippen molar-refractivity contribution in [3.63, 3.8) is 0 Å². The van der Waals surface area contributed by atoms with E-state index in [0.717, 1.165) is 17.0 Å². The van der Waals surface area contributed by atoms with Crippen LogP contribution in [0.4, 0.5) is 0 Å². The van der Waals surface area contributed by atoms with Crippen LogP contribution in [0.1, 0.15) is 11.8 Å². The van der Waals surface area contributed by atoms with E-state index in [9.17, 15) is 4.79 Å². The number of ether oxygens (including phenoxy) is 2. The lowest BCUT2D eigenvalue weighted by atomic mass is 10.2. The topological polar surface area (TPSA) is 69.5 Å². The van der Waals surface area contributed by atoms with E-state index in [1.54, 1.807) is 11.3 Å². The van der Waals surface area contributed by atoms with E-state index in [4.69, 9.17) is 9.47 Å². The van der Waals surface area contributed by atoms with Gasteiger partial charge in [0.05, 0.1) is 12.3 Å². The molecule has 0 aliphatic carbocycles. The highest BCUT2D eigenvalue weighted by molar-refractivity contribution is 7.99. The van der Waals surface area contributed by atoms with E-state index in [1.807, 2.05) is 76.4 Å². The fourth-order valence-electron chi connectivity index (χ4n) is 3.58. The number of para-hydroxylation sites is 1. The minimum atomic E-state index is 0.0724. The molecule has 0 saturated heterocycles. The molecule has 7 nitrogen and oxygen atoms in total. The lowest BCUT2D eigenvalue weighted by molar-refractivity contribution is -0.128. The first-order valence-electron chi connectivity index (χ1n) is 10.6. The monoisotopic (exact) mass is 478 g/mol. The number of benzene rings is 2. The smallest absolute Gasteiger partial charge is 0.233 e. The molecule has 168 valence electrons. The number of nitrogens with zero attached hydrogens (tertiary/aromatic N) is 4. The van der Waals surface area contributed by atoms with Gasteiger partial charge in [-0.3, -0.25) is 9.36 Å². The third kappa shape index (κ3) is 4.60. The van der Waals surface area contributed by atoms with Crippen LogP contribution in [0, 0.1) is 0 Å². The number of carbonyl (C=O) groups excluding carboxylic acids is 1. The van der Waals surface area contributed by atoms with E-state index < -0.39 is 0 Å². The molecular formula is C24H22N4O3S2. The predicted octanol–water partition coefficient (Wildman–Crippen LogP) is 4.87. The van der Waals surface area contributed by atoms with Gasteiger partial charge in [-0.1, -0.05) is 36.0 Å². The molecule has 2 aromatic carbocycles. The van der Waals surface area contributed by atoms with E-state index in [1.165, 1.54) is 16.6 Å². The average molecular weight is 479 g/mol. The number of thioether (sulfide) groups is 1. The molecular weight excluding hydrogens is 456 g/mol. The van der Waals surface area contributed by atoms with Crippen molar-refractivity contribution >= 4 is 29.0 Å². The quantitative estimate of drug-likeness (QED) is 0.337. The summed E-state index contributed by atoms with van der Waals surface area (Å²) in [7, 11) is 0. The summed E-state index contributed by atoms with van der Waals surface area (Å²) in [5, 5.41) is 11.6. The summed E-state index contributed by atoms with van der Waals surface area (Å²) in [5.74, 6) is 2.44. The Balaban J connectivity index is 1.41. The minimum absolute atomic E-state index is 0.0724. The molecule has 0 N–H and O–H groups in total. The van der Waals surface area contributed by atoms with E-state index in [-0.39, 0.29) is 18.5 Å². The number of carbonyl (C=O) groups is 1. The van der Waals surface area contributed by atoms with E-state index in [0.29, 0.717) is 29.8 Å². The standard InChI is InChI=1S/C24H22N4O3S2/c1-2-27(14-19-9-6-12-32-19)22(29)15-33-24-26-25-23(28(24)18-7-4-3-5-8-18)17-10-11-20-21(13-17)31-16-30-20/h3-13H,2,14-16H2,1H3. The molecule has 2 aromatic heterocycles. The van der Waals surface area contributed by atoms with E-state index in [2.05, 4.69) is 16.3 Å². The van der Waals surface area contributed by atoms with Crippen LogP contribution in [-0.4, -0.2) is 44.7 Å². The number of aromatic nitrogens is 3. The van der Waals surface area contributed by atoms with Crippen LogP contribution in [0.5, 0.6) is 11.5 Å². The first kappa shape index (κ1) is 21.5. The highest BCUT2D eigenvalue weighted by atomic mass is 32.2. The van der Waals surface area contributed by atoms with Crippen LogP contribution in [0.15, 0.2) is 71.2 Å². The largest absolute Gasteiger partial charge is 0.454 e. The van der Waals surface area contributed by atoms with Crippen molar-refractivity contribution in [2.75, 3.05) is 19.1 Å². The van der Waals surface area contributed by atoms with Gasteiger partial charge in [-0.05, 0) is 48.7 Å². The van der Waals surface area contributed by atoms with Gasteiger partial charge in [0.25, 0.3) is 0 Å². The van der Waals surface area contributed by atoms with Crippen LogP contribution in [0.3, 0.4) is 0 Å². The van der Waals surface area contributed by atoms with Crippen LogP contribution in [-0.2, 0) is 11.3 Å². The zero-order valence-corrected chi connectivity index (χ0v) is 19.6. The van der Waals surface area contributed by atoms with Gasteiger partial charge in [-0.25, -0.2) is 0 Å². The van der Waals surface area contributed by atoms with Crippen LogP contribution < -0.4 is 9.47 Å². The summed E-state index contributed by atoms with van der Waals surface area (Å²) < 4.78 is 13.0. The Morgan fingerprint density at radius 2 is 1.94 bits per heavy atom. The van der Waals surface area contributed by atoms with Gasteiger partial charge < -0.3 is 14.4 Å². The fraction of sp³-hybridized carbons (Fsp3) is 0.208. The molecule has 3 heterocycles. The Morgan fingerprint density at radius 3 is 2.73 bits per heavy atom. The van der Waals surface area contributed by atoms with Gasteiger partial charge in [-0.15, -0.1) is 21.5 Å². The Hall–Kier alpha value is -3.30. The molecule has 0 saturated carbocycles. The molecule has 4 aromatic rings. The number of hydrogen-bond donors (Lipinski definition) is 0. The Bertz CT molecular complexity index is 1240. The van der Waals surface area contributed by atoms with Gasteiger partial charge in [0.15, 0.2) is 22.5 Å². The molecule has 0 fully saturated rings. The molecule has 1 aliphatic heterocycles. The van der Waals surface area contributed by atoms with Crippen molar-refractivity contribution in [1.29, 1.82) is 0 Å². The number of fused-ring (bicyclic) bond motifs is 1. The Kier molecular flexibility index (Phi) is 6.32. The van der Waals surface area contributed by atoms with E-state index >= 15 is 0 Å². The summed E-state index contributed by atoms with van der Waals surface area (Å²) in [4.78, 5) is 16.0. The molecule has 9 heteroatoms. The summed E-state index contributed by atoms with van der Waals surface area (Å²) in [6, 6.07) is 19.7. The number of hydrogen-bond acceptors (Lipinski definition) is 7. The van der Waals surface area contributed by atoms with Gasteiger partial charge in [0.2, 0.25) is 12.7 Å². The third-order valence-corrected chi connectivity index (χ3v) is 7.04. The zero-order chi connectivity index (χ0) is 22.6. The average Bonchev–Trinajstić information content (AvgIpc) is 3.61. The lowest BCUT2D eigenvalue weighted by Crippen LogP contribution is -2.31. The zero-order valence-electron chi connectivity index (χ0n) is 18.0. The first-order chi connectivity index (χ1) is 16.2. The van der Waals surface area contributed by atoms with Gasteiger partial charge in [0.1, 0.15) is 0 Å². The third-order valence-electron chi connectivity index (χ3n) is 5.26. The lowest BCUT2D eigenvalue weighted by Gasteiger charge is -2.20. The number of thiophene rings is 1. The number of rotatable bonds is 8. The maximum Gasteiger partial charge on any atom is 0.233 e. The molecule has 5 rings (SSSR count). The molecule has 0 unspecified atom stereocenters. The maximum atomic E-state index is 12.9. The molecule has 1 aliphatic rings.